The highest BCUT2D eigenvalue weighted by Crippen LogP contribution is 2.33. The highest BCUT2D eigenvalue weighted by molar-refractivity contribution is 8.13. The average molecular weight is 290 g/mol. The second-order valence-corrected chi connectivity index (χ2v) is 4.82. The van der Waals surface area contributed by atoms with Gasteiger partial charge in [0.2, 0.25) is 0 Å². The molecule has 0 heterocycles. The first-order valence-corrected chi connectivity index (χ1v) is 6.29. The van der Waals surface area contributed by atoms with E-state index in [4.69, 9.17) is 0 Å². The monoisotopic (exact) mass is 290 g/mol. The summed E-state index contributed by atoms with van der Waals surface area (Å²) in [5.74, 6) is 3.87. The first-order valence-electron chi connectivity index (χ1n) is 5.30. The summed E-state index contributed by atoms with van der Waals surface area (Å²) in [5, 5.41) is -0.0801. The minimum Gasteiger partial charge on any atom is -0.288 e. The van der Waals surface area contributed by atoms with Gasteiger partial charge in [0, 0.05) is 24.7 Å². The van der Waals surface area contributed by atoms with Gasteiger partial charge in [0.05, 0.1) is 0 Å². The van der Waals surface area contributed by atoms with Crippen molar-refractivity contribution in [2.24, 2.45) is 0 Å². The van der Waals surface area contributed by atoms with Gasteiger partial charge in [0.15, 0.2) is 5.12 Å². The summed E-state index contributed by atoms with van der Waals surface area (Å²) in [6, 6.07) is 3.05. The highest BCUT2D eigenvalue weighted by atomic mass is 32.2. The molecule has 0 spiro atoms. The van der Waals surface area contributed by atoms with Crippen molar-refractivity contribution in [2.75, 3.05) is 5.75 Å². The summed E-state index contributed by atoms with van der Waals surface area (Å²) in [4.78, 5) is 10.6. The Morgan fingerprint density at radius 3 is 2.63 bits per heavy atom. The molecule has 0 N–H and O–H groups in total. The number of benzene rings is 1. The lowest BCUT2D eigenvalue weighted by Crippen LogP contribution is -2.10. The molecule has 0 unspecified atom stereocenters. The summed E-state index contributed by atoms with van der Waals surface area (Å²) >= 11 is 1.04. The van der Waals surface area contributed by atoms with E-state index < -0.39 is 17.6 Å². The summed E-state index contributed by atoms with van der Waals surface area (Å²) in [5.41, 5.74) is -1.73. The van der Waals surface area contributed by atoms with Crippen LogP contribution in [0.25, 0.3) is 0 Å². The Bertz CT molecular complexity index is 526. The fraction of sp³-hybridized carbons (Fsp3) is 0.308. The molecule has 0 bridgehead atoms. The van der Waals surface area contributed by atoms with Crippen LogP contribution in [-0.4, -0.2) is 10.9 Å². The fourth-order valence-corrected chi connectivity index (χ4v) is 1.81. The van der Waals surface area contributed by atoms with E-state index in [-0.39, 0.29) is 17.1 Å². The molecule has 0 aliphatic rings. The van der Waals surface area contributed by atoms with Crippen molar-refractivity contribution in [3.05, 3.63) is 35.1 Å². The molecule has 0 aliphatic heterocycles. The van der Waals surface area contributed by atoms with Crippen LogP contribution in [0.3, 0.4) is 0 Å². The predicted octanol–water partition coefficient (Wildman–Crippen LogP) is 3.87. The van der Waals surface area contributed by atoms with Gasteiger partial charge in [-0.05, 0) is 12.1 Å². The van der Waals surface area contributed by atoms with Crippen LogP contribution >= 0.6 is 11.8 Å². The third kappa shape index (κ3) is 4.95. The van der Waals surface area contributed by atoms with Gasteiger partial charge in [-0.15, -0.1) is 0 Å². The van der Waals surface area contributed by atoms with Crippen LogP contribution in [0, 0.1) is 17.7 Å². The van der Waals surface area contributed by atoms with Crippen LogP contribution in [-0.2, 0) is 11.0 Å². The zero-order valence-corrected chi connectivity index (χ0v) is 10.8. The Kier molecular flexibility index (Phi) is 5.43. The SMILES string of the molecule is CC(=O)SCCC#Cc1cccc(F)c1C(F)(F)F. The number of rotatable bonds is 2. The van der Waals surface area contributed by atoms with Gasteiger partial charge in [-0.25, -0.2) is 4.39 Å². The van der Waals surface area contributed by atoms with Gasteiger partial charge in [-0.2, -0.15) is 13.2 Å². The first-order chi connectivity index (χ1) is 8.82. The van der Waals surface area contributed by atoms with Gasteiger partial charge in [-0.1, -0.05) is 29.7 Å². The molecule has 0 atom stereocenters. The van der Waals surface area contributed by atoms with Crippen molar-refractivity contribution < 1.29 is 22.4 Å². The number of thioether (sulfide) groups is 1. The number of carbonyl (C=O) groups excluding carboxylic acids is 1. The molecular weight excluding hydrogens is 280 g/mol. The molecule has 1 aromatic rings. The van der Waals surface area contributed by atoms with Gasteiger partial charge in [-0.3, -0.25) is 4.79 Å². The topological polar surface area (TPSA) is 17.1 Å². The number of halogens is 4. The molecule has 1 aromatic carbocycles. The van der Waals surface area contributed by atoms with Crippen LogP contribution < -0.4 is 0 Å². The second kappa shape index (κ2) is 6.62. The molecule has 0 radical (unpaired) electrons. The molecule has 0 saturated heterocycles. The molecule has 0 fully saturated rings. The van der Waals surface area contributed by atoms with E-state index in [1.807, 2.05) is 0 Å². The Morgan fingerprint density at radius 1 is 1.37 bits per heavy atom. The van der Waals surface area contributed by atoms with Crippen molar-refractivity contribution in [3.8, 4) is 11.8 Å². The zero-order valence-electron chi connectivity index (χ0n) is 9.97. The van der Waals surface area contributed by atoms with Crippen molar-refractivity contribution in [1.29, 1.82) is 0 Å². The summed E-state index contributed by atoms with van der Waals surface area (Å²) < 4.78 is 51.1. The highest BCUT2D eigenvalue weighted by Gasteiger charge is 2.36. The number of hydrogen-bond donors (Lipinski definition) is 0. The van der Waals surface area contributed by atoms with E-state index in [9.17, 15) is 22.4 Å². The molecule has 0 aliphatic carbocycles. The molecule has 102 valence electrons. The molecule has 0 amide bonds. The summed E-state index contributed by atoms with van der Waals surface area (Å²) in [6.07, 6.45) is -4.51. The molecule has 0 saturated carbocycles. The molecule has 6 heteroatoms. The van der Waals surface area contributed by atoms with E-state index in [0.29, 0.717) is 5.75 Å². The van der Waals surface area contributed by atoms with Crippen molar-refractivity contribution >= 4 is 16.9 Å². The molecular formula is C13H10F4OS. The molecule has 0 aromatic heterocycles. The minimum atomic E-state index is -4.77. The lowest BCUT2D eigenvalue weighted by Gasteiger charge is -2.09. The maximum Gasteiger partial charge on any atom is 0.420 e. The van der Waals surface area contributed by atoms with Crippen LogP contribution in [0.2, 0.25) is 0 Å². The minimum absolute atomic E-state index is 0.0801. The van der Waals surface area contributed by atoms with Crippen molar-refractivity contribution in [1.82, 2.24) is 0 Å². The van der Waals surface area contributed by atoms with Crippen molar-refractivity contribution in [3.63, 3.8) is 0 Å². The maximum atomic E-state index is 13.2. The fourth-order valence-electron chi connectivity index (χ4n) is 1.32. The summed E-state index contributed by atoms with van der Waals surface area (Å²) in [6.45, 7) is 1.40. The Balaban J connectivity index is 2.88. The normalized spacial score (nSPS) is 10.8. The van der Waals surface area contributed by atoms with Gasteiger partial charge in [0.25, 0.3) is 0 Å². The lowest BCUT2D eigenvalue weighted by molar-refractivity contribution is -0.140. The second-order valence-electron chi connectivity index (χ2n) is 3.55. The van der Waals surface area contributed by atoms with E-state index in [2.05, 4.69) is 11.8 Å². The molecule has 1 nitrogen and oxygen atoms in total. The van der Waals surface area contributed by atoms with Crippen LogP contribution in [0.15, 0.2) is 18.2 Å². The molecule has 1 rings (SSSR count). The Labute approximate surface area is 112 Å². The van der Waals surface area contributed by atoms with E-state index in [1.54, 1.807) is 0 Å². The standard InChI is InChI=1S/C13H10F4OS/c1-9(18)19-8-3-2-5-10-6-4-7-11(14)12(10)13(15,16)17/h4,6-7H,3,8H2,1H3. The van der Waals surface area contributed by atoms with Crippen LogP contribution in [0.1, 0.15) is 24.5 Å². The quantitative estimate of drug-likeness (QED) is 0.467. The predicted molar refractivity (Wildman–Crippen MR) is 66.0 cm³/mol. The van der Waals surface area contributed by atoms with E-state index >= 15 is 0 Å². The lowest BCUT2D eigenvalue weighted by atomic mass is 10.1. The van der Waals surface area contributed by atoms with Gasteiger partial charge in [0.1, 0.15) is 11.4 Å². The van der Waals surface area contributed by atoms with E-state index in [1.165, 1.54) is 13.0 Å². The first kappa shape index (κ1) is 15.6. The Morgan fingerprint density at radius 2 is 2.05 bits per heavy atom. The zero-order chi connectivity index (χ0) is 14.5. The average Bonchev–Trinajstić information content (AvgIpc) is 2.26. The van der Waals surface area contributed by atoms with Crippen molar-refractivity contribution in [2.45, 2.75) is 19.5 Å². The third-order valence-corrected chi connectivity index (χ3v) is 2.87. The van der Waals surface area contributed by atoms with Gasteiger partial charge >= 0.3 is 6.18 Å². The largest absolute Gasteiger partial charge is 0.420 e. The smallest absolute Gasteiger partial charge is 0.288 e. The van der Waals surface area contributed by atoms with E-state index in [0.717, 1.165) is 23.9 Å². The maximum absolute atomic E-state index is 13.2. The molecule has 19 heavy (non-hydrogen) atoms. The number of alkyl halides is 3. The van der Waals surface area contributed by atoms with Crippen LogP contribution in [0.4, 0.5) is 17.6 Å². The number of carbonyl (C=O) groups is 1. The number of hydrogen-bond acceptors (Lipinski definition) is 2. The van der Waals surface area contributed by atoms with Crippen LogP contribution in [0.5, 0.6) is 0 Å². The van der Waals surface area contributed by atoms with Gasteiger partial charge < -0.3 is 0 Å². The third-order valence-electron chi connectivity index (χ3n) is 2.05. The summed E-state index contributed by atoms with van der Waals surface area (Å²) in [7, 11) is 0. The Hall–Kier alpha value is -1.48.